The molecule has 0 saturated heterocycles. The van der Waals surface area contributed by atoms with Crippen LogP contribution in [0.2, 0.25) is 0 Å². The molecular formula is C26H37N5O5. The van der Waals surface area contributed by atoms with Crippen molar-refractivity contribution in [2.24, 2.45) is 18.9 Å². The van der Waals surface area contributed by atoms with Gasteiger partial charge in [0.1, 0.15) is 24.1 Å². The summed E-state index contributed by atoms with van der Waals surface area (Å²) in [6, 6.07) is 1.95. The van der Waals surface area contributed by atoms with Crippen molar-refractivity contribution in [1.82, 2.24) is 24.9 Å². The van der Waals surface area contributed by atoms with E-state index in [1.807, 2.05) is 26.8 Å². The molecule has 0 unspecified atom stereocenters. The molecule has 2 saturated carbocycles. The molecule has 2 aromatic heterocycles. The number of carbonyl (C=O) groups excluding carboxylic acids is 2. The fraction of sp³-hybridized carbons (Fsp3) is 0.654. The van der Waals surface area contributed by atoms with Crippen LogP contribution in [0.1, 0.15) is 63.6 Å². The third-order valence-corrected chi connectivity index (χ3v) is 6.71. The maximum absolute atomic E-state index is 12.4. The van der Waals surface area contributed by atoms with Crippen LogP contribution >= 0.6 is 0 Å². The van der Waals surface area contributed by atoms with Crippen molar-refractivity contribution in [3.63, 3.8) is 0 Å². The molecule has 196 valence electrons. The lowest BCUT2D eigenvalue weighted by Gasteiger charge is -2.29. The van der Waals surface area contributed by atoms with Crippen molar-refractivity contribution < 1.29 is 23.8 Å². The number of aromatic nitrogens is 4. The predicted octanol–water partition coefficient (Wildman–Crippen LogP) is 4.05. The summed E-state index contributed by atoms with van der Waals surface area (Å²) in [4.78, 5) is 30.9. The van der Waals surface area contributed by atoms with Crippen molar-refractivity contribution in [1.29, 1.82) is 0 Å². The largest absolute Gasteiger partial charge is 0.474 e. The third kappa shape index (κ3) is 6.53. The molecule has 2 aliphatic rings. The van der Waals surface area contributed by atoms with Gasteiger partial charge in [0.2, 0.25) is 5.88 Å². The van der Waals surface area contributed by atoms with E-state index in [-0.39, 0.29) is 36.8 Å². The van der Waals surface area contributed by atoms with Gasteiger partial charge in [-0.3, -0.25) is 4.79 Å². The number of esters is 1. The highest BCUT2D eigenvalue weighted by atomic mass is 16.6. The number of ether oxygens (including phenoxy) is 3. The first-order chi connectivity index (χ1) is 17.2. The van der Waals surface area contributed by atoms with E-state index in [0.29, 0.717) is 29.6 Å². The van der Waals surface area contributed by atoms with Crippen LogP contribution in [0.25, 0.3) is 11.3 Å². The van der Waals surface area contributed by atoms with Crippen LogP contribution in [0, 0.1) is 18.8 Å². The highest BCUT2D eigenvalue weighted by Crippen LogP contribution is 2.32. The molecule has 2 atom stereocenters. The first kappa shape index (κ1) is 25.9. The second-order valence-electron chi connectivity index (χ2n) is 10.3. The molecule has 4 rings (SSSR count). The minimum absolute atomic E-state index is 0.0694. The molecule has 10 nitrogen and oxygen atoms in total. The molecule has 0 bridgehead atoms. The maximum atomic E-state index is 12.4. The van der Waals surface area contributed by atoms with Crippen LogP contribution in [0.5, 0.6) is 5.88 Å². The molecule has 2 aromatic rings. The number of hydrogen-bond donors (Lipinski definition) is 0. The van der Waals surface area contributed by atoms with E-state index in [1.165, 1.54) is 12.8 Å². The second kappa shape index (κ2) is 11.3. The van der Waals surface area contributed by atoms with E-state index in [9.17, 15) is 9.59 Å². The molecule has 10 heteroatoms. The van der Waals surface area contributed by atoms with Crippen molar-refractivity contribution in [2.75, 3.05) is 13.6 Å². The molecule has 0 N–H and O–H groups in total. The highest BCUT2D eigenvalue weighted by molar-refractivity contribution is 5.72. The number of carbonyl (C=O) groups is 2. The van der Waals surface area contributed by atoms with Gasteiger partial charge in [-0.15, -0.1) is 5.10 Å². The normalized spacial score (nSPS) is 19.7. The zero-order valence-electron chi connectivity index (χ0n) is 21.9. The number of aryl methyl sites for hydroxylation is 2. The highest BCUT2D eigenvalue weighted by Gasteiger charge is 2.31. The number of hydrogen-bond acceptors (Lipinski definition) is 8. The van der Waals surface area contributed by atoms with Gasteiger partial charge in [0.25, 0.3) is 0 Å². The average molecular weight is 500 g/mol. The van der Waals surface area contributed by atoms with Crippen molar-refractivity contribution in [3.8, 4) is 17.1 Å². The lowest BCUT2D eigenvalue weighted by molar-refractivity contribution is -0.154. The van der Waals surface area contributed by atoms with Gasteiger partial charge in [0, 0.05) is 38.0 Å². The minimum Gasteiger partial charge on any atom is -0.474 e. The van der Waals surface area contributed by atoms with Gasteiger partial charge in [0.15, 0.2) is 0 Å². The van der Waals surface area contributed by atoms with Gasteiger partial charge in [0.05, 0.1) is 12.0 Å². The first-order valence-corrected chi connectivity index (χ1v) is 12.8. The monoisotopic (exact) mass is 499 g/mol. The van der Waals surface area contributed by atoms with Crippen LogP contribution in [0.15, 0.2) is 12.3 Å². The minimum atomic E-state index is -0.352. The summed E-state index contributed by atoms with van der Waals surface area (Å²) in [6.07, 6.45) is 6.74. The Morgan fingerprint density at radius 2 is 2.00 bits per heavy atom. The Morgan fingerprint density at radius 1 is 1.22 bits per heavy atom. The zero-order chi connectivity index (χ0) is 25.8. The summed E-state index contributed by atoms with van der Waals surface area (Å²) >= 11 is 0. The Labute approximate surface area is 212 Å². The number of nitrogens with zero attached hydrogens (tertiary/aromatic N) is 5. The maximum Gasteiger partial charge on any atom is 0.409 e. The van der Waals surface area contributed by atoms with Gasteiger partial charge in [-0.2, -0.15) is 0 Å². The molecule has 0 aliphatic heterocycles. The SMILES string of the molecule is Cc1cc(-c2nnn(C)c2COC(=O)N(C)CC2CC2)cnc1O[C@H]1CCC[C@H](C(=O)OC(C)C)C1. The van der Waals surface area contributed by atoms with E-state index < -0.39 is 0 Å². The van der Waals surface area contributed by atoms with Crippen LogP contribution in [-0.4, -0.2) is 62.7 Å². The van der Waals surface area contributed by atoms with E-state index in [2.05, 4.69) is 15.3 Å². The summed E-state index contributed by atoms with van der Waals surface area (Å²) in [6.45, 7) is 6.45. The standard InChI is InChI=1S/C26H37N5O5/c1-16(2)35-25(32)19-7-6-8-21(12-19)36-24-17(3)11-20(13-27-24)23-22(31(5)29-28-23)15-34-26(33)30(4)14-18-9-10-18/h11,13,16,18-19,21H,6-10,12,14-15H2,1-5H3/t19-,21-/m0/s1. The van der Waals surface area contributed by atoms with Gasteiger partial charge < -0.3 is 19.1 Å². The molecule has 1 amide bonds. The predicted molar refractivity (Wildman–Crippen MR) is 132 cm³/mol. The molecular weight excluding hydrogens is 462 g/mol. The lowest BCUT2D eigenvalue weighted by atomic mass is 9.87. The van der Waals surface area contributed by atoms with E-state index in [4.69, 9.17) is 14.2 Å². The Balaban J connectivity index is 1.39. The van der Waals surface area contributed by atoms with Crippen molar-refractivity contribution >= 4 is 12.1 Å². The summed E-state index contributed by atoms with van der Waals surface area (Å²) in [7, 11) is 3.53. The first-order valence-electron chi connectivity index (χ1n) is 12.8. The molecule has 0 spiro atoms. The van der Waals surface area contributed by atoms with Crippen LogP contribution < -0.4 is 4.74 Å². The Bertz CT molecular complexity index is 1080. The van der Waals surface area contributed by atoms with E-state index in [1.54, 1.807) is 29.9 Å². The molecule has 36 heavy (non-hydrogen) atoms. The van der Waals surface area contributed by atoms with E-state index >= 15 is 0 Å². The van der Waals surface area contributed by atoms with Crippen molar-refractivity contribution in [3.05, 3.63) is 23.5 Å². The van der Waals surface area contributed by atoms with Gasteiger partial charge in [-0.05, 0) is 71.3 Å². The van der Waals surface area contributed by atoms with Gasteiger partial charge in [-0.1, -0.05) is 5.21 Å². The Kier molecular flexibility index (Phi) is 8.11. The summed E-state index contributed by atoms with van der Waals surface area (Å²) in [5.41, 5.74) is 2.94. The van der Waals surface area contributed by atoms with Crippen LogP contribution in [0.4, 0.5) is 4.79 Å². The number of pyridine rings is 1. The van der Waals surface area contributed by atoms with E-state index in [0.717, 1.165) is 36.9 Å². The average Bonchev–Trinajstić information content (AvgIpc) is 3.58. The topological polar surface area (TPSA) is 109 Å². The second-order valence-corrected chi connectivity index (χ2v) is 10.3. The van der Waals surface area contributed by atoms with Gasteiger partial charge in [-0.25, -0.2) is 14.5 Å². The van der Waals surface area contributed by atoms with Crippen LogP contribution in [-0.2, 0) is 27.9 Å². The smallest absolute Gasteiger partial charge is 0.409 e. The summed E-state index contributed by atoms with van der Waals surface area (Å²) in [5.74, 6) is 0.853. The molecule has 2 heterocycles. The van der Waals surface area contributed by atoms with Crippen molar-refractivity contribution in [2.45, 2.75) is 78.1 Å². The molecule has 0 aromatic carbocycles. The summed E-state index contributed by atoms with van der Waals surface area (Å²) in [5, 5.41) is 8.41. The zero-order valence-corrected chi connectivity index (χ0v) is 21.9. The fourth-order valence-electron chi connectivity index (χ4n) is 4.53. The molecule has 0 radical (unpaired) electrons. The van der Waals surface area contributed by atoms with Crippen LogP contribution in [0.3, 0.4) is 0 Å². The molecule has 2 aliphatic carbocycles. The Hall–Kier alpha value is -3.17. The lowest BCUT2D eigenvalue weighted by Crippen LogP contribution is -2.32. The fourth-order valence-corrected chi connectivity index (χ4v) is 4.53. The third-order valence-electron chi connectivity index (χ3n) is 6.71. The number of amides is 1. The quantitative estimate of drug-likeness (QED) is 0.476. The number of rotatable bonds is 9. The Morgan fingerprint density at radius 3 is 2.69 bits per heavy atom. The van der Waals surface area contributed by atoms with Gasteiger partial charge >= 0.3 is 12.1 Å². The summed E-state index contributed by atoms with van der Waals surface area (Å²) < 4.78 is 18.7. The molecule has 2 fully saturated rings.